The van der Waals surface area contributed by atoms with Crippen molar-refractivity contribution in [2.75, 3.05) is 0 Å². The summed E-state index contributed by atoms with van der Waals surface area (Å²) in [7, 11) is 0. The van der Waals surface area contributed by atoms with Crippen molar-refractivity contribution < 1.29 is 19.1 Å². The number of pyridine rings is 1. The highest BCUT2D eigenvalue weighted by Gasteiger charge is 2.20. The van der Waals surface area contributed by atoms with E-state index in [0.29, 0.717) is 18.5 Å². The van der Waals surface area contributed by atoms with Gasteiger partial charge in [-0.2, -0.15) is 0 Å². The van der Waals surface area contributed by atoms with E-state index in [0.717, 1.165) is 16.7 Å². The van der Waals surface area contributed by atoms with Gasteiger partial charge in [-0.3, -0.25) is 14.6 Å². The van der Waals surface area contributed by atoms with Crippen LogP contribution in [0.15, 0.2) is 79.0 Å². The van der Waals surface area contributed by atoms with Crippen LogP contribution >= 0.6 is 0 Å². The molecule has 0 aliphatic carbocycles. The number of alkyl carbamates (subject to hydrolysis) is 1. The standard InChI is InChI=1S/C28H33N5O4/c1-20(33-27(35)25(29)15-13-21-8-4-2-5-9-21)26(34)31-17-23-12-14-24(30-16-23)18-32-28(36)37-19-22-10-6-3-7-11-22/h2-12,14,16,20,25H,13,15,17-19,29H2,1H3,(H,31,34)(H,32,36)(H,33,35)/t20-,25+/m0/s1. The van der Waals surface area contributed by atoms with Crippen LogP contribution in [-0.4, -0.2) is 35.0 Å². The topological polar surface area (TPSA) is 135 Å². The second-order valence-corrected chi connectivity index (χ2v) is 8.65. The molecule has 5 N–H and O–H groups in total. The number of nitrogens with zero attached hydrogens (tertiary/aromatic N) is 1. The number of hydrogen-bond donors (Lipinski definition) is 4. The van der Waals surface area contributed by atoms with Crippen molar-refractivity contribution in [3.8, 4) is 0 Å². The molecule has 1 aromatic heterocycles. The zero-order valence-corrected chi connectivity index (χ0v) is 20.9. The maximum absolute atomic E-state index is 12.4. The molecule has 37 heavy (non-hydrogen) atoms. The van der Waals surface area contributed by atoms with Gasteiger partial charge in [-0.1, -0.05) is 66.7 Å². The highest BCUT2D eigenvalue weighted by atomic mass is 16.5. The van der Waals surface area contributed by atoms with Crippen molar-refractivity contribution in [1.82, 2.24) is 20.9 Å². The summed E-state index contributed by atoms with van der Waals surface area (Å²) in [5.74, 6) is -0.685. The molecule has 0 fully saturated rings. The summed E-state index contributed by atoms with van der Waals surface area (Å²) in [5.41, 5.74) is 9.43. The summed E-state index contributed by atoms with van der Waals surface area (Å²) >= 11 is 0. The number of hydrogen-bond acceptors (Lipinski definition) is 6. The van der Waals surface area contributed by atoms with Crippen LogP contribution in [0.4, 0.5) is 4.79 Å². The third-order valence-electron chi connectivity index (χ3n) is 5.65. The van der Waals surface area contributed by atoms with E-state index in [1.165, 1.54) is 0 Å². The number of carbonyl (C=O) groups is 3. The molecule has 0 radical (unpaired) electrons. The Bertz CT molecular complexity index is 1140. The highest BCUT2D eigenvalue weighted by Crippen LogP contribution is 2.05. The predicted molar refractivity (Wildman–Crippen MR) is 140 cm³/mol. The van der Waals surface area contributed by atoms with Gasteiger partial charge in [0.15, 0.2) is 0 Å². The minimum Gasteiger partial charge on any atom is -0.445 e. The Kier molecular flexibility index (Phi) is 10.6. The summed E-state index contributed by atoms with van der Waals surface area (Å²) in [6.07, 6.45) is 2.26. The van der Waals surface area contributed by atoms with Crippen LogP contribution in [0.3, 0.4) is 0 Å². The molecular formula is C28H33N5O4. The highest BCUT2D eigenvalue weighted by molar-refractivity contribution is 5.89. The minimum atomic E-state index is -0.728. The maximum atomic E-state index is 12.4. The van der Waals surface area contributed by atoms with Gasteiger partial charge in [0.05, 0.1) is 18.3 Å². The number of amides is 3. The average molecular weight is 504 g/mol. The molecule has 0 aliphatic heterocycles. The van der Waals surface area contributed by atoms with Gasteiger partial charge in [-0.25, -0.2) is 4.79 Å². The number of benzene rings is 2. The molecule has 0 spiro atoms. The molecule has 2 atom stereocenters. The minimum absolute atomic E-state index is 0.192. The van der Waals surface area contributed by atoms with Gasteiger partial charge in [0.25, 0.3) is 0 Å². The third-order valence-corrected chi connectivity index (χ3v) is 5.65. The first kappa shape index (κ1) is 27.3. The lowest BCUT2D eigenvalue weighted by Gasteiger charge is -2.17. The fourth-order valence-electron chi connectivity index (χ4n) is 3.43. The molecule has 0 unspecified atom stereocenters. The van der Waals surface area contributed by atoms with Crippen LogP contribution in [0, 0.1) is 0 Å². The summed E-state index contributed by atoms with van der Waals surface area (Å²) in [4.78, 5) is 40.9. The summed E-state index contributed by atoms with van der Waals surface area (Å²) in [6, 6.07) is 21.3. The molecule has 2 aromatic carbocycles. The van der Waals surface area contributed by atoms with E-state index < -0.39 is 18.2 Å². The monoisotopic (exact) mass is 503 g/mol. The van der Waals surface area contributed by atoms with Crippen LogP contribution in [0.1, 0.15) is 35.7 Å². The molecule has 194 valence electrons. The molecule has 1 heterocycles. The first-order chi connectivity index (χ1) is 17.9. The van der Waals surface area contributed by atoms with E-state index in [1.54, 1.807) is 19.2 Å². The van der Waals surface area contributed by atoms with Gasteiger partial charge in [-0.05, 0) is 42.5 Å². The number of nitrogens with two attached hydrogens (primary N) is 1. The molecule has 9 nitrogen and oxygen atoms in total. The Labute approximate surface area is 216 Å². The van der Waals surface area contributed by atoms with Crippen molar-refractivity contribution in [3.63, 3.8) is 0 Å². The first-order valence-electron chi connectivity index (χ1n) is 12.2. The normalized spacial score (nSPS) is 12.2. The molecule has 3 rings (SSSR count). The van der Waals surface area contributed by atoms with E-state index in [1.807, 2.05) is 66.7 Å². The molecule has 0 saturated carbocycles. The molecule has 0 aliphatic rings. The Morgan fingerprint density at radius 1 is 0.838 bits per heavy atom. The zero-order valence-electron chi connectivity index (χ0n) is 20.9. The van der Waals surface area contributed by atoms with Gasteiger partial charge in [0.2, 0.25) is 11.8 Å². The van der Waals surface area contributed by atoms with Crippen LogP contribution < -0.4 is 21.7 Å². The number of carbonyl (C=O) groups excluding carboxylic acids is 3. The number of aryl methyl sites for hydroxylation is 1. The van der Waals surface area contributed by atoms with Crippen molar-refractivity contribution in [2.24, 2.45) is 5.73 Å². The van der Waals surface area contributed by atoms with Gasteiger partial charge in [0, 0.05) is 12.7 Å². The first-order valence-corrected chi connectivity index (χ1v) is 12.2. The predicted octanol–water partition coefficient (Wildman–Crippen LogP) is 2.59. The van der Waals surface area contributed by atoms with E-state index in [4.69, 9.17) is 10.5 Å². The lowest BCUT2D eigenvalue weighted by atomic mass is 10.1. The average Bonchev–Trinajstić information content (AvgIpc) is 2.93. The third kappa shape index (κ3) is 9.73. The lowest BCUT2D eigenvalue weighted by Crippen LogP contribution is -2.50. The number of nitrogens with one attached hydrogen (secondary N) is 3. The Hall–Kier alpha value is -4.24. The fraction of sp³-hybridized carbons (Fsp3) is 0.286. The molecule has 3 aromatic rings. The Morgan fingerprint density at radius 2 is 1.51 bits per heavy atom. The summed E-state index contributed by atoms with van der Waals surface area (Å²) < 4.78 is 5.17. The van der Waals surface area contributed by atoms with Crippen LogP contribution in [0.2, 0.25) is 0 Å². The van der Waals surface area contributed by atoms with E-state index in [-0.39, 0.29) is 31.5 Å². The van der Waals surface area contributed by atoms with Crippen LogP contribution in [-0.2, 0) is 40.4 Å². The van der Waals surface area contributed by atoms with Gasteiger partial charge >= 0.3 is 6.09 Å². The van der Waals surface area contributed by atoms with Crippen molar-refractivity contribution in [1.29, 1.82) is 0 Å². The molecule has 3 amide bonds. The number of aromatic nitrogens is 1. The Balaban J connectivity index is 1.33. The SMILES string of the molecule is C[C@H](NC(=O)[C@H](N)CCc1ccccc1)C(=O)NCc1ccc(CNC(=O)OCc2ccccc2)nc1. The van der Waals surface area contributed by atoms with Gasteiger partial charge in [-0.15, -0.1) is 0 Å². The smallest absolute Gasteiger partial charge is 0.407 e. The van der Waals surface area contributed by atoms with Crippen molar-refractivity contribution in [3.05, 3.63) is 101 Å². The van der Waals surface area contributed by atoms with E-state index in [9.17, 15) is 14.4 Å². The van der Waals surface area contributed by atoms with Crippen LogP contribution in [0.25, 0.3) is 0 Å². The lowest BCUT2D eigenvalue weighted by molar-refractivity contribution is -0.129. The maximum Gasteiger partial charge on any atom is 0.407 e. The second kappa shape index (κ2) is 14.4. The van der Waals surface area contributed by atoms with E-state index >= 15 is 0 Å². The summed E-state index contributed by atoms with van der Waals surface area (Å²) in [6.45, 7) is 2.27. The molecule has 9 heteroatoms. The quantitative estimate of drug-likeness (QED) is 0.300. The molecular weight excluding hydrogens is 470 g/mol. The van der Waals surface area contributed by atoms with Crippen LogP contribution in [0.5, 0.6) is 0 Å². The largest absolute Gasteiger partial charge is 0.445 e. The Morgan fingerprint density at radius 3 is 2.16 bits per heavy atom. The van der Waals surface area contributed by atoms with Crippen molar-refractivity contribution in [2.45, 2.75) is 51.5 Å². The van der Waals surface area contributed by atoms with Gasteiger partial charge < -0.3 is 26.4 Å². The molecule has 0 bridgehead atoms. The van der Waals surface area contributed by atoms with Gasteiger partial charge in [0.1, 0.15) is 12.6 Å². The number of ether oxygens (including phenoxy) is 1. The molecule has 0 saturated heterocycles. The van der Waals surface area contributed by atoms with E-state index in [2.05, 4.69) is 20.9 Å². The summed E-state index contributed by atoms with van der Waals surface area (Å²) in [5, 5.41) is 8.10. The second-order valence-electron chi connectivity index (χ2n) is 8.65. The fourth-order valence-corrected chi connectivity index (χ4v) is 3.43. The zero-order chi connectivity index (χ0) is 26.5. The van der Waals surface area contributed by atoms with Crippen molar-refractivity contribution >= 4 is 17.9 Å². The number of rotatable bonds is 12.